The molecule has 0 radical (unpaired) electrons. The third kappa shape index (κ3) is 4.31. The number of hydrogen-bond donors (Lipinski definition) is 1. The molecule has 5 rings (SSSR count). The summed E-state index contributed by atoms with van der Waals surface area (Å²) < 4.78 is 0. The normalized spacial score (nSPS) is 15.5. The van der Waals surface area contributed by atoms with Crippen LogP contribution in [0.1, 0.15) is 16.7 Å². The van der Waals surface area contributed by atoms with E-state index in [4.69, 9.17) is 16.6 Å². The highest BCUT2D eigenvalue weighted by atomic mass is 35.5. The minimum Gasteiger partial charge on any atom is -0.354 e. The smallest absolute Gasteiger partial charge is 0.0745 e. The fourth-order valence-electron chi connectivity index (χ4n) is 4.48. The first kappa shape index (κ1) is 21.2. The lowest BCUT2D eigenvalue weighted by Gasteiger charge is -2.32. The van der Waals surface area contributed by atoms with Crippen LogP contribution in [-0.4, -0.2) is 48.0 Å². The quantitative estimate of drug-likeness (QED) is 0.382. The average Bonchev–Trinajstić information content (AvgIpc) is 2.77. The van der Waals surface area contributed by atoms with Crippen LogP contribution in [0.15, 0.2) is 54.6 Å². The Morgan fingerprint density at radius 3 is 2.50 bits per heavy atom. The van der Waals surface area contributed by atoms with Crippen LogP contribution in [0, 0.1) is 13.8 Å². The standard InChI is InChI=1S/C27H29ClN4/c1-18-4-9-25-24(14-18)27(23-8-6-21(28)16-26(23)30-25)29-22-7-5-19(2)20(15-22)17-32-12-10-31(3)11-13-32/h4-9,14-16H,10-13,17H2,1-3H3,(H,29,30). The first-order chi connectivity index (χ1) is 15.5. The van der Waals surface area contributed by atoms with Crippen molar-refractivity contribution in [1.29, 1.82) is 0 Å². The van der Waals surface area contributed by atoms with E-state index in [1.54, 1.807) is 0 Å². The van der Waals surface area contributed by atoms with Gasteiger partial charge in [-0.05, 0) is 74.5 Å². The van der Waals surface area contributed by atoms with Crippen LogP contribution < -0.4 is 5.32 Å². The number of benzene rings is 3. The van der Waals surface area contributed by atoms with Crippen LogP contribution in [0.3, 0.4) is 0 Å². The number of rotatable bonds is 4. The van der Waals surface area contributed by atoms with E-state index in [0.29, 0.717) is 5.02 Å². The van der Waals surface area contributed by atoms with Gasteiger partial charge in [-0.2, -0.15) is 0 Å². The summed E-state index contributed by atoms with van der Waals surface area (Å²) in [7, 11) is 2.20. The van der Waals surface area contributed by atoms with Crippen molar-refractivity contribution >= 4 is 44.8 Å². The number of aromatic nitrogens is 1. The SMILES string of the molecule is Cc1ccc2nc3cc(Cl)ccc3c(Nc3ccc(C)c(CN4CCN(C)CC4)c3)c2c1. The van der Waals surface area contributed by atoms with E-state index in [-0.39, 0.29) is 0 Å². The van der Waals surface area contributed by atoms with Crippen molar-refractivity contribution in [2.24, 2.45) is 0 Å². The molecule has 1 saturated heterocycles. The maximum absolute atomic E-state index is 6.28. The maximum atomic E-state index is 6.28. The third-order valence-corrected chi connectivity index (χ3v) is 6.73. The van der Waals surface area contributed by atoms with Gasteiger partial charge < -0.3 is 10.2 Å². The summed E-state index contributed by atoms with van der Waals surface area (Å²) in [5, 5.41) is 6.64. The van der Waals surface area contributed by atoms with Gasteiger partial charge >= 0.3 is 0 Å². The van der Waals surface area contributed by atoms with Gasteiger partial charge in [-0.3, -0.25) is 4.90 Å². The van der Waals surface area contributed by atoms with E-state index in [1.165, 1.54) is 16.7 Å². The minimum absolute atomic E-state index is 0.701. The first-order valence-electron chi connectivity index (χ1n) is 11.2. The Hall–Kier alpha value is -2.66. The van der Waals surface area contributed by atoms with Crippen LogP contribution in [0.2, 0.25) is 5.02 Å². The van der Waals surface area contributed by atoms with Crippen molar-refractivity contribution in [3.63, 3.8) is 0 Å². The van der Waals surface area contributed by atoms with E-state index in [2.05, 4.69) is 78.5 Å². The predicted molar refractivity (Wildman–Crippen MR) is 136 cm³/mol. The van der Waals surface area contributed by atoms with Gasteiger partial charge in [0.2, 0.25) is 0 Å². The summed E-state index contributed by atoms with van der Waals surface area (Å²) in [6.07, 6.45) is 0. The summed E-state index contributed by atoms with van der Waals surface area (Å²) in [6.45, 7) is 9.82. The number of anilines is 2. The molecule has 3 aromatic carbocycles. The summed E-state index contributed by atoms with van der Waals surface area (Å²) in [5.41, 5.74) is 7.99. The molecular weight excluding hydrogens is 416 g/mol. The van der Waals surface area contributed by atoms with Crippen molar-refractivity contribution in [3.05, 3.63) is 76.3 Å². The third-order valence-electron chi connectivity index (χ3n) is 6.50. The number of aryl methyl sites for hydroxylation is 2. The van der Waals surface area contributed by atoms with Crippen LogP contribution in [0.25, 0.3) is 21.8 Å². The molecule has 1 N–H and O–H groups in total. The second-order valence-electron chi connectivity index (χ2n) is 9.01. The zero-order valence-electron chi connectivity index (χ0n) is 19.0. The zero-order valence-corrected chi connectivity index (χ0v) is 19.7. The summed E-state index contributed by atoms with van der Waals surface area (Å²) in [4.78, 5) is 9.81. The fraction of sp³-hybridized carbons (Fsp3) is 0.296. The van der Waals surface area contributed by atoms with E-state index >= 15 is 0 Å². The minimum atomic E-state index is 0.701. The number of fused-ring (bicyclic) bond motifs is 2. The van der Waals surface area contributed by atoms with Crippen LogP contribution in [0.5, 0.6) is 0 Å². The number of halogens is 1. The molecule has 0 spiro atoms. The highest BCUT2D eigenvalue weighted by molar-refractivity contribution is 6.31. The van der Waals surface area contributed by atoms with Crippen molar-refractivity contribution in [2.45, 2.75) is 20.4 Å². The zero-order chi connectivity index (χ0) is 22.2. The number of hydrogen-bond acceptors (Lipinski definition) is 4. The lowest BCUT2D eigenvalue weighted by atomic mass is 10.0. The summed E-state index contributed by atoms with van der Waals surface area (Å²) in [6, 6.07) is 19.0. The molecule has 0 bridgehead atoms. The fourth-order valence-corrected chi connectivity index (χ4v) is 4.64. The second-order valence-corrected chi connectivity index (χ2v) is 9.45. The van der Waals surface area contributed by atoms with Crippen LogP contribution >= 0.6 is 11.6 Å². The summed E-state index contributed by atoms with van der Waals surface area (Å²) >= 11 is 6.28. The van der Waals surface area contributed by atoms with Gasteiger partial charge in [-0.25, -0.2) is 4.98 Å². The van der Waals surface area contributed by atoms with Gasteiger partial charge in [-0.15, -0.1) is 0 Å². The van der Waals surface area contributed by atoms with E-state index in [9.17, 15) is 0 Å². The highest BCUT2D eigenvalue weighted by Crippen LogP contribution is 2.35. The van der Waals surface area contributed by atoms with Crippen molar-refractivity contribution in [1.82, 2.24) is 14.8 Å². The lowest BCUT2D eigenvalue weighted by Crippen LogP contribution is -2.43. The number of pyridine rings is 1. The maximum Gasteiger partial charge on any atom is 0.0745 e. The molecule has 0 unspecified atom stereocenters. The molecule has 5 heteroatoms. The molecule has 2 heterocycles. The Balaban J connectivity index is 1.54. The Morgan fingerprint density at radius 2 is 1.69 bits per heavy atom. The highest BCUT2D eigenvalue weighted by Gasteiger charge is 2.16. The molecule has 0 atom stereocenters. The Labute approximate surface area is 194 Å². The molecule has 0 saturated carbocycles. The molecular formula is C27H29ClN4. The number of nitrogens with zero attached hydrogens (tertiary/aromatic N) is 3. The van der Waals surface area contributed by atoms with Gasteiger partial charge in [0.1, 0.15) is 0 Å². The Bertz CT molecular complexity index is 1290. The molecule has 4 aromatic rings. The number of likely N-dealkylation sites (N-methyl/N-ethyl adjacent to an activating group) is 1. The van der Waals surface area contributed by atoms with Crippen molar-refractivity contribution < 1.29 is 0 Å². The molecule has 1 aliphatic rings. The van der Waals surface area contributed by atoms with Gasteiger partial charge in [0.25, 0.3) is 0 Å². The molecule has 164 valence electrons. The summed E-state index contributed by atoms with van der Waals surface area (Å²) in [5.74, 6) is 0. The molecule has 0 aliphatic carbocycles. The van der Waals surface area contributed by atoms with E-state index in [0.717, 1.165) is 65.9 Å². The Morgan fingerprint density at radius 1 is 0.875 bits per heavy atom. The van der Waals surface area contributed by atoms with E-state index < -0.39 is 0 Å². The first-order valence-corrected chi connectivity index (χ1v) is 11.6. The van der Waals surface area contributed by atoms with E-state index in [1.807, 2.05) is 12.1 Å². The lowest BCUT2D eigenvalue weighted by molar-refractivity contribution is 0.148. The molecule has 0 amide bonds. The topological polar surface area (TPSA) is 31.4 Å². The van der Waals surface area contributed by atoms with Crippen LogP contribution in [-0.2, 0) is 6.54 Å². The largest absolute Gasteiger partial charge is 0.354 e. The number of nitrogens with one attached hydrogen (secondary N) is 1. The van der Waals surface area contributed by atoms with Gasteiger partial charge in [-0.1, -0.05) is 29.3 Å². The Kier molecular flexibility index (Phi) is 5.76. The monoisotopic (exact) mass is 444 g/mol. The average molecular weight is 445 g/mol. The van der Waals surface area contributed by atoms with Crippen molar-refractivity contribution in [3.8, 4) is 0 Å². The molecule has 1 aliphatic heterocycles. The van der Waals surface area contributed by atoms with Crippen LogP contribution in [0.4, 0.5) is 11.4 Å². The van der Waals surface area contributed by atoms with Crippen molar-refractivity contribution in [2.75, 3.05) is 38.5 Å². The molecule has 32 heavy (non-hydrogen) atoms. The molecule has 1 fully saturated rings. The van der Waals surface area contributed by atoms with Gasteiger partial charge in [0.05, 0.1) is 16.7 Å². The predicted octanol–water partition coefficient (Wildman–Crippen LogP) is 6.15. The molecule has 4 nitrogen and oxygen atoms in total. The van der Waals surface area contributed by atoms with Gasteiger partial charge in [0, 0.05) is 54.2 Å². The van der Waals surface area contributed by atoms with Gasteiger partial charge in [0.15, 0.2) is 0 Å². The molecule has 1 aromatic heterocycles. The number of piperazine rings is 1. The second kappa shape index (κ2) is 8.70.